The van der Waals surface area contributed by atoms with E-state index in [0.717, 1.165) is 11.8 Å². The minimum atomic E-state index is -0.674. The van der Waals surface area contributed by atoms with Crippen LogP contribution < -0.4 is 10.1 Å². The van der Waals surface area contributed by atoms with E-state index in [9.17, 15) is 14.4 Å². The van der Waals surface area contributed by atoms with Crippen molar-refractivity contribution in [1.82, 2.24) is 20.2 Å². The highest BCUT2D eigenvalue weighted by atomic mass is 19.1. The first-order chi connectivity index (χ1) is 15.9. The van der Waals surface area contributed by atoms with Crippen LogP contribution in [0.15, 0.2) is 30.5 Å². The summed E-state index contributed by atoms with van der Waals surface area (Å²) in [5.41, 5.74) is 2.40. The zero-order valence-electron chi connectivity index (χ0n) is 18.1. The summed E-state index contributed by atoms with van der Waals surface area (Å²) in [5.74, 6) is -0.493. The molecule has 2 atom stereocenters. The van der Waals surface area contributed by atoms with Crippen LogP contribution in [-0.4, -0.2) is 48.1 Å². The molecule has 2 N–H and O–H groups in total. The first-order valence-corrected chi connectivity index (χ1v) is 10.6. The van der Waals surface area contributed by atoms with Crippen LogP contribution in [0.5, 0.6) is 5.75 Å². The van der Waals surface area contributed by atoms with Gasteiger partial charge >= 0.3 is 6.03 Å². The minimum Gasteiger partial charge on any atom is -0.496 e. The normalized spacial score (nSPS) is 19.4. The van der Waals surface area contributed by atoms with Crippen LogP contribution in [0.4, 0.5) is 13.6 Å². The maximum Gasteiger partial charge on any atom is 0.317 e. The fourth-order valence-electron chi connectivity index (χ4n) is 5.04. The number of urea groups is 1. The molecule has 2 aliphatic rings. The zero-order valence-corrected chi connectivity index (χ0v) is 18.1. The number of likely N-dealkylation sites (tertiary alicyclic amines) is 1. The minimum absolute atomic E-state index is 0.0694. The summed E-state index contributed by atoms with van der Waals surface area (Å²) < 4.78 is 34.5. The predicted octanol–water partition coefficient (Wildman–Crippen LogP) is 4.06. The molecule has 5 rings (SSSR count). The molecule has 1 aromatic carbocycles. The molecular weight excluding hydrogens is 428 g/mol. The number of hydrogen-bond acceptors (Lipinski definition) is 4. The third-order valence-corrected chi connectivity index (χ3v) is 6.53. The lowest BCUT2D eigenvalue weighted by molar-refractivity contribution is 0.209. The van der Waals surface area contributed by atoms with Crippen molar-refractivity contribution < 1.29 is 18.3 Å². The van der Waals surface area contributed by atoms with Gasteiger partial charge in [-0.1, -0.05) is 6.08 Å². The van der Waals surface area contributed by atoms with Gasteiger partial charge < -0.3 is 19.9 Å². The number of aromatic amines is 1. The van der Waals surface area contributed by atoms with Crippen molar-refractivity contribution in [2.75, 3.05) is 27.2 Å². The number of halogens is 2. The van der Waals surface area contributed by atoms with Crippen molar-refractivity contribution in [3.05, 3.63) is 53.4 Å². The third-order valence-electron chi connectivity index (χ3n) is 6.53. The highest BCUT2D eigenvalue weighted by molar-refractivity contribution is 6.02. The van der Waals surface area contributed by atoms with Gasteiger partial charge in [0.2, 0.25) is 0 Å². The van der Waals surface area contributed by atoms with Crippen LogP contribution in [0.3, 0.4) is 0 Å². The summed E-state index contributed by atoms with van der Waals surface area (Å²) in [7, 11) is 3.03. The van der Waals surface area contributed by atoms with Gasteiger partial charge in [-0.15, -0.1) is 0 Å². The Labute approximate surface area is 188 Å². The Bertz CT molecular complexity index is 1360. The van der Waals surface area contributed by atoms with Crippen molar-refractivity contribution in [3.8, 4) is 22.9 Å². The molecular formula is C24H21F2N5O2. The first-order valence-electron chi connectivity index (χ1n) is 10.6. The quantitative estimate of drug-likeness (QED) is 0.631. The van der Waals surface area contributed by atoms with Crippen molar-refractivity contribution in [1.29, 1.82) is 5.26 Å². The van der Waals surface area contributed by atoms with Crippen molar-refractivity contribution in [2.24, 2.45) is 11.8 Å². The van der Waals surface area contributed by atoms with Crippen LogP contribution in [0, 0.1) is 34.8 Å². The third kappa shape index (κ3) is 3.30. The van der Waals surface area contributed by atoms with Gasteiger partial charge in [-0.25, -0.2) is 18.6 Å². The lowest BCUT2D eigenvalue weighted by atomic mass is 9.96. The van der Waals surface area contributed by atoms with Gasteiger partial charge in [0.05, 0.1) is 24.6 Å². The molecule has 3 aromatic rings. The Kier molecular flexibility index (Phi) is 5.01. The number of H-pyrrole nitrogens is 1. The Morgan fingerprint density at radius 3 is 2.88 bits per heavy atom. The number of carbonyl (C=O) groups excluding carboxylic acids is 1. The number of pyridine rings is 1. The number of methoxy groups -OCH3 is 1. The number of nitriles is 1. The molecule has 2 unspecified atom stereocenters. The number of rotatable bonds is 3. The number of fused-ring (bicyclic) bond motifs is 2. The van der Waals surface area contributed by atoms with E-state index in [2.05, 4.69) is 27.4 Å². The second-order valence-corrected chi connectivity index (χ2v) is 8.32. The second kappa shape index (κ2) is 7.89. The average molecular weight is 449 g/mol. The van der Waals surface area contributed by atoms with Crippen LogP contribution in [-0.2, 0) is 0 Å². The number of ether oxygens (including phenoxy) is 1. The molecule has 0 bridgehead atoms. The Morgan fingerprint density at radius 2 is 2.18 bits per heavy atom. The van der Waals surface area contributed by atoms with E-state index >= 15 is 4.39 Å². The Hall–Kier alpha value is -3.93. The van der Waals surface area contributed by atoms with Gasteiger partial charge in [-0.3, -0.25) is 0 Å². The van der Waals surface area contributed by atoms with Crippen LogP contribution >= 0.6 is 0 Å². The number of allylic oxidation sites excluding steroid dienone is 1. The molecule has 1 aliphatic carbocycles. The molecule has 168 valence electrons. The molecule has 1 saturated heterocycles. The molecule has 2 amide bonds. The summed E-state index contributed by atoms with van der Waals surface area (Å²) in [6.07, 6.45) is 3.82. The second-order valence-electron chi connectivity index (χ2n) is 8.32. The number of nitrogens with zero attached hydrogens (tertiary/aromatic N) is 3. The van der Waals surface area contributed by atoms with E-state index in [4.69, 9.17) is 4.74 Å². The van der Waals surface area contributed by atoms with Gasteiger partial charge in [-0.2, -0.15) is 5.26 Å². The highest BCUT2D eigenvalue weighted by Gasteiger charge is 2.39. The molecule has 0 spiro atoms. The molecule has 1 aliphatic heterocycles. The standard InChI is InChI=1S/C24H21F2N5O2/c1-28-24(32)31-10-13-5-12(6-14(13)11-31)22-17(8-27)21-20(18(26)9-29-23(21)30-22)16-7-15(25)3-4-19(16)33-2/h3-5,7,9,13-14H,6,10-11H2,1-2H3,(H,28,32)(H,29,30). The first kappa shape index (κ1) is 20.9. The summed E-state index contributed by atoms with van der Waals surface area (Å²) in [4.78, 5) is 21.1. The number of carbonyl (C=O) groups is 1. The number of nitrogens with one attached hydrogen (secondary N) is 2. The number of amides is 2. The maximum absolute atomic E-state index is 15.1. The maximum atomic E-state index is 15.1. The van der Waals surface area contributed by atoms with Crippen LogP contribution in [0.25, 0.3) is 27.7 Å². The average Bonchev–Trinajstić information content (AvgIpc) is 3.49. The monoisotopic (exact) mass is 449 g/mol. The van der Waals surface area contributed by atoms with Crippen LogP contribution in [0.1, 0.15) is 17.7 Å². The molecule has 0 saturated carbocycles. The number of aromatic nitrogens is 2. The molecule has 0 radical (unpaired) electrons. The summed E-state index contributed by atoms with van der Waals surface area (Å²) in [6.45, 7) is 1.24. The fraction of sp³-hybridized carbons (Fsp3) is 0.292. The predicted molar refractivity (Wildman–Crippen MR) is 118 cm³/mol. The molecule has 33 heavy (non-hydrogen) atoms. The smallest absolute Gasteiger partial charge is 0.317 e. The van der Waals surface area contributed by atoms with Crippen molar-refractivity contribution >= 4 is 22.6 Å². The van der Waals surface area contributed by atoms with Gasteiger partial charge in [0, 0.05) is 36.7 Å². The molecule has 3 heterocycles. The number of benzene rings is 1. The summed E-state index contributed by atoms with van der Waals surface area (Å²) >= 11 is 0. The lowest BCUT2D eigenvalue weighted by Crippen LogP contribution is -2.36. The molecule has 1 fully saturated rings. The van der Waals surface area contributed by atoms with E-state index in [1.807, 2.05) is 0 Å². The van der Waals surface area contributed by atoms with Gasteiger partial charge in [0.25, 0.3) is 0 Å². The van der Waals surface area contributed by atoms with E-state index in [-0.39, 0.29) is 34.6 Å². The van der Waals surface area contributed by atoms with Crippen molar-refractivity contribution in [2.45, 2.75) is 6.42 Å². The molecule has 7 nitrogen and oxygen atoms in total. The fourth-order valence-corrected chi connectivity index (χ4v) is 5.04. The molecule has 2 aromatic heterocycles. The Morgan fingerprint density at radius 1 is 1.36 bits per heavy atom. The summed E-state index contributed by atoms with van der Waals surface area (Å²) in [6, 6.07) is 5.95. The van der Waals surface area contributed by atoms with Gasteiger partial charge in [0.1, 0.15) is 29.1 Å². The van der Waals surface area contributed by atoms with Crippen molar-refractivity contribution in [3.63, 3.8) is 0 Å². The SMILES string of the molecule is CNC(=O)N1CC2C=C(c3[nH]c4ncc(F)c(-c5cc(F)ccc5OC)c4c3C#N)CC2C1. The Balaban J connectivity index is 1.63. The van der Waals surface area contributed by atoms with E-state index in [0.29, 0.717) is 42.0 Å². The number of hydrogen-bond donors (Lipinski definition) is 2. The lowest BCUT2D eigenvalue weighted by Gasteiger charge is -2.16. The topological polar surface area (TPSA) is 94.0 Å². The van der Waals surface area contributed by atoms with E-state index in [1.54, 1.807) is 11.9 Å². The summed E-state index contributed by atoms with van der Waals surface area (Å²) in [5, 5.41) is 13.0. The molecule has 9 heteroatoms. The zero-order chi connectivity index (χ0) is 23.3. The highest BCUT2D eigenvalue weighted by Crippen LogP contribution is 2.45. The van der Waals surface area contributed by atoms with Gasteiger partial charge in [0.15, 0.2) is 0 Å². The largest absolute Gasteiger partial charge is 0.496 e. The van der Waals surface area contributed by atoms with E-state index in [1.165, 1.54) is 25.3 Å². The van der Waals surface area contributed by atoms with Crippen LogP contribution in [0.2, 0.25) is 0 Å². The van der Waals surface area contributed by atoms with E-state index < -0.39 is 11.6 Å². The van der Waals surface area contributed by atoms with Gasteiger partial charge in [-0.05, 0) is 42.0 Å².